The largest absolute Gasteiger partial charge is 0.169 e. The summed E-state index contributed by atoms with van der Waals surface area (Å²) in [6.07, 6.45) is 14.6. The summed E-state index contributed by atoms with van der Waals surface area (Å²) >= 11 is 0. The highest BCUT2D eigenvalue weighted by molar-refractivity contribution is 8.50. The third kappa shape index (κ3) is 6.06. The van der Waals surface area contributed by atoms with Crippen LogP contribution in [0.15, 0.2) is 0 Å². The molecule has 1 rings (SSSR count). The van der Waals surface area contributed by atoms with Crippen LogP contribution in [0.4, 0.5) is 0 Å². The fraction of sp³-hybridized carbons (Fsp3) is 1.00. The van der Waals surface area contributed by atoms with Crippen molar-refractivity contribution in [3.05, 3.63) is 0 Å². The van der Waals surface area contributed by atoms with Crippen LogP contribution >= 0.6 is 19.9 Å². The van der Waals surface area contributed by atoms with Gasteiger partial charge in [-0.25, -0.2) is 0 Å². The van der Waals surface area contributed by atoms with E-state index in [1.54, 1.807) is 0 Å². The fourth-order valence-electron chi connectivity index (χ4n) is 2.87. The molecule has 0 bridgehead atoms. The quantitative estimate of drug-likeness (QED) is 0.629. The van der Waals surface area contributed by atoms with Crippen molar-refractivity contribution in [3.63, 3.8) is 0 Å². The lowest BCUT2D eigenvalue weighted by Crippen LogP contribution is -2.19. The predicted molar refractivity (Wildman–Crippen MR) is 75.1 cm³/mol. The normalized spacial score (nSPS) is 29.1. The fourth-order valence-corrected chi connectivity index (χ4v) is 4.83. The molecular weight excluding hydrogens is 224 g/mol. The molecule has 2 atom stereocenters. The lowest BCUT2D eigenvalue weighted by Gasteiger charge is -2.34. The molecule has 0 radical (unpaired) electrons. The summed E-state index contributed by atoms with van der Waals surface area (Å²) in [7, 11) is 5.61. The Morgan fingerprint density at radius 2 is 1.87 bits per heavy atom. The van der Waals surface area contributed by atoms with Crippen LogP contribution in [0.3, 0.4) is 0 Å². The number of rotatable bonds is 5. The van der Waals surface area contributed by atoms with Crippen molar-refractivity contribution in [2.75, 3.05) is 18.3 Å². The van der Waals surface area contributed by atoms with E-state index in [1.165, 1.54) is 50.7 Å². The molecule has 2 unspecified atom stereocenters. The highest BCUT2D eigenvalue weighted by Gasteiger charge is 2.24. The monoisotopic (exact) mass is 250 g/mol. The van der Waals surface area contributed by atoms with Gasteiger partial charge in [0.25, 0.3) is 0 Å². The van der Waals surface area contributed by atoms with Gasteiger partial charge in [0.05, 0.1) is 0 Å². The molecule has 0 aliphatic heterocycles. The zero-order valence-electron chi connectivity index (χ0n) is 10.6. The Labute approximate surface area is 102 Å². The summed E-state index contributed by atoms with van der Waals surface area (Å²) < 4.78 is 0. The molecule has 2 heteroatoms. The molecule has 0 saturated heterocycles. The van der Waals surface area contributed by atoms with E-state index in [2.05, 4.69) is 19.4 Å². The maximum atomic E-state index is 6.40. The summed E-state index contributed by atoms with van der Waals surface area (Å²) in [6.45, 7) is 2.30. The molecule has 0 aromatic rings. The van der Waals surface area contributed by atoms with Crippen LogP contribution in [0, 0.1) is 11.8 Å². The highest BCUT2D eigenvalue weighted by atomic mass is 35.7. The van der Waals surface area contributed by atoms with Gasteiger partial charge in [-0.3, -0.25) is 0 Å². The third-order valence-corrected chi connectivity index (χ3v) is 5.13. The first-order valence-electron chi connectivity index (χ1n) is 6.42. The van der Waals surface area contributed by atoms with Crippen LogP contribution in [0.25, 0.3) is 0 Å². The van der Waals surface area contributed by atoms with Crippen molar-refractivity contribution in [1.29, 1.82) is 0 Å². The molecule has 0 N–H and O–H groups in total. The second kappa shape index (κ2) is 6.39. The minimum absolute atomic E-state index is 0.795. The predicted octanol–water partition coefficient (Wildman–Crippen LogP) is 5.20. The van der Waals surface area contributed by atoms with Crippen LogP contribution in [-0.2, 0) is 0 Å². The highest BCUT2D eigenvalue weighted by Crippen LogP contribution is 2.49. The minimum Gasteiger partial charge on any atom is -0.169 e. The lowest BCUT2D eigenvalue weighted by atomic mass is 9.80. The topological polar surface area (TPSA) is 0 Å². The van der Waals surface area contributed by atoms with Crippen molar-refractivity contribution in [2.24, 2.45) is 11.8 Å². The van der Waals surface area contributed by atoms with Crippen molar-refractivity contribution in [3.8, 4) is 0 Å². The molecule has 0 aromatic heterocycles. The Balaban J connectivity index is 2.29. The molecule has 1 aliphatic rings. The minimum atomic E-state index is -0.795. The number of hydrogen-bond donors (Lipinski definition) is 0. The van der Waals surface area contributed by atoms with Gasteiger partial charge < -0.3 is 0 Å². The third-order valence-electron chi connectivity index (χ3n) is 3.49. The van der Waals surface area contributed by atoms with Gasteiger partial charge in [0.2, 0.25) is 0 Å². The molecule has 1 fully saturated rings. The number of halogens is 1. The molecular formula is C13H27ClS. The van der Waals surface area contributed by atoms with Crippen LogP contribution in [0.1, 0.15) is 51.9 Å². The molecule has 0 spiro atoms. The second-order valence-corrected chi connectivity index (χ2v) is 11.3. The van der Waals surface area contributed by atoms with E-state index in [9.17, 15) is 0 Å². The van der Waals surface area contributed by atoms with Crippen molar-refractivity contribution in [1.82, 2.24) is 0 Å². The summed E-state index contributed by atoms with van der Waals surface area (Å²) in [6, 6.07) is 0. The standard InChI is InChI=1S/C13H27ClS/c1-4-5-7-12-8-6-9-13(10-12)11-15(2,3)14/h12-13H,4-11H2,1-3H3. The van der Waals surface area contributed by atoms with Crippen LogP contribution < -0.4 is 0 Å². The van der Waals surface area contributed by atoms with Crippen LogP contribution in [0.5, 0.6) is 0 Å². The molecule has 1 aliphatic carbocycles. The molecule has 0 heterocycles. The summed E-state index contributed by atoms with van der Waals surface area (Å²) in [5.74, 6) is 3.24. The van der Waals surface area contributed by atoms with Crippen LogP contribution in [0.2, 0.25) is 0 Å². The van der Waals surface area contributed by atoms with E-state index in [4.69, 9.17) is 10.7 Å². The van der Waals surface area contributed by atoms with E-state index in [-0.39, 0.29) is 0 Å². The molecule has 15 heavy (non-hydrogen) atoms. The molecule has 92 valence electrons. The zero-order chi connectivity index (χ0) is 11.3. The first kappa shape index (κ1) is 13.7. The van der Waals surface area contributed by atoms with Crippen LogP contribution in [-0.4, -0.2) is 18.3 Å². The van der Waals surface area contributed by atoms with Crippen molar-refractivity contribution in [2.45, 2.75) is 51.9 Å². The van der Waals surface area contributed by atoms with E-state index < -0.39 is 9.24 Å². The molecule has 0 amide bonds. The van der Waals surface area contributed by atoms with Gasteiger partial charge in [0, 0.05) is 0 Å². The molecule has 0 nitrogen and oxygen atoms in total. The summed E-state index contributed by atoms with van der Waals surface area (Å²) in [5.41, 5.74) is 0. The SMILES string of the molecule is CCCCC1CCCC(CS(C)(C)Cl)C1. The Kier molecular flexibility index (Phi) is 5.84. The summed E-state index contributed by atoms with van der Waals surface area (Å²) in [5, 5.41) is 0. The Bertz CT molecular complexity index is 174. The van der Waals surface area contributed by atoms with Gasteiger partial charge in [0.1, 0.15) is 0 Å². The van der Waals surface area contributed by atoms with Gasteiger partial charge in [-0.2, -0.15) is 9.24 Å². The maximum absolute atomic E-state index is 6.40. The van der Waals surface area contributed by atoms with Crippen molar-refractivity contribution >= 4 is 19.9 Å². The Morgan fingerprint density at radius 3 is 2.47 bits per heavy atom. The van der Waals surface area contributed by atoms with Gasteiger partial charge in [-0.15, -0.1) is 0 Å². The lowest BCUT2D eigenvalue weighted by molar-refractivity contribution is 0.268. The van der Waals surface area contributed by atoms with E-state index >= 15 is 0 Å². The number of unbranched alkanes of at least 4 members (excludes halogenated alkanes) is 1. The second-order valence-electron chi connectivity index (χ2n) is 5.61. The summed E-state index contributed by atoms with van der Waals surface area (Å²) in [4.78, 5) is 0. The maximum Gasteiger partial charge on any atom is -0.00772 e. The zero-order valence-corrected chi connectivity index (χ0v) is 12.2. The van der Waals surface area contributed by atoms with Gasteiger partial charge in [-0.05, 0) is 42.9 Å². The smallest absolute Gasteiger partial charge is 0.00772 e. The van der Waals surface area contributed by atoms with Gasteiger partial charge in [0.15, 0.2) is 0 Å². The Morgan fingerprint density at radius 1 is 1.20 bits per heavy atom. The first-order valence-corrected chi connectivity index (χ1v) is 9.86. The van der Waals surface area contributed by atoms with Crippen molar-refractivity contribution < 1.29 is 0 Å². The number of hydrogen-bond acceptors (Lipinski definition) is 0. The first-order chi connectivity index (χ1) is 7.01. The molecule has 1 saturated carbocycles. The van der Waals surface area contributed by atoms with E-state index in [0.29, 0.717) is 0 Å². The van der Waals surface area contributed by atoms with Gasteiger partial charge >= 0.3 is 0 Å². The average molecular weight is 251 g/mol. The van der Waals surface area contributed by atoms with E-state index in [1.807, 2.05) is 0 Å². The molecule has 0 aromatic carbocycles. The van der Waals surface area contributed by atoms with E-state index in [0.717, 1.165) is 11.8 Å². The Hall–Kier alpha value is 0.640. The average Bonchev–Trinajstić information content (AvgIpc) is 2.12. The van der Waals surface area contributed by atoms with Gasteiger partial charge in [-0.1, -0.05) is 49.7 Å².